The standard InChI is InChI=1S/C16H29F3N2O2/c1-5-11(21-14(22)23-15(2,3)4)10-20-13-9-7-6-8-12(13)16(17,18)19/h11-13,20H,5-10H2,1-4H3,(H,21,22). The molecule has 1 aliphatic carbocycles. The molecule has 0 spiro atoms. The fourth-order valence-corrected chi connectivity index (χ4v) is 2.83. The number of rotatable bonds is 5. The Hall–Kier alpha value is -0.980. The molecule has 1 aliphatic rings. The fourth-order valence-electron chi connectivity index (χ4n) is 2.83. The largest absolute Gasteiger partial charge is 0.444 e. The van der Waals surface area contributed by atoms with Crippen molar-refractivity contribution in [1.82, 2.24) is 10.6 Å². The van der Waals surface area contributed by atoms with Crippen LogP contribution < -0.4 is 10.6 Å². The predicted molar refractivity (Wildman–Crippen MR) is 83.3 cm³/mol. The molecule has 1 fully saturated rings. The average Bonchev–Trinajstić information content (AvgIpc) is 2.40. The van der Waals surface area contributed by atoms with Gasteiger partial charge in [0.05, 0.1) is 5.92 Å². The Balaban J connectivity index is 2.51. The highest BCUT2D eigenvalue weighted by atomic mass is 19.4. The Labute approximate surface area is 136 Å². The van der Waals surface area contributed by atoms with Crippen LogP contribution in [0, 0.1) is 5.92 Å². The van der Waals surface area contributed by atoms with E-state index in [-0.39, 0.29) is 12.5 Å². The first-order valence-corrected chi connectivity index (χ1v) is 8.32. The molecular weight excluding hydrogens is 309 g/mol. The number of halogens is 3. The Morgan fingerprint density at radius 1 is 1.22 bits per heavy atom. The van der Waals surface area contributed by atoms with Gasteiger partial charge in [-0.05, 0) is 40.0 Å². The van der Waals surface area contributed by atoms with Gasteiger partial charge in [-0.1, -0.05) is 19.8 Å². The van der Waals surface area contributed by atoms with Gasteiger partial charge in [-0.15, -0.1) is 0 Å². The summed E-state index contributed by atoms with van der Waals surface area (Å²) in [4.78, 5) is 11.8. The molecule has 2 N–H and O–H groups in total. The van der Waals surface area contributed by atoms with Gasteiger partial charge in [0.1, 0.15) is 5.60 Å². The first-order valence-electron chi connectivity index (χ1n) is 8.32. The number of nitrogens with one attached hydrogen (secondary N) is 2. The molecule has 0 radical (unpaired) electrons. The highest BCUT2D eigenvalue weighted by Crippen LogP contribution is 2.37. The van der Waals surface area contributed by atoms with Crippen molar-refractivity contribution in [3.05, 3.63) is 0 Å². The third-order valence-corrected chi connectivity index (χ3v) is 4.03. The fraction of sp³-hybridized carbons (Fsp3) is 0.938. The van der Waals surface area contributed by atoms with Crippen molar-refractivity contribution in [2.45, 2.75) is 83.7 Å². The van der Waals surface area contributed by atoms with Crippen LogP contribution in [0.15, 0.2) is 0 Å². The van der Waals surface area contributed by atoms with E-state index in [4.69, 9.17) is 4.74 Å². The minimum absolute atomic E-state index is 0.178. The van der Waals surface area contributed by atoms with Crippen molar-refractivity contribution in [1.29, 1.82) is 0 Å². The van der Waals surface area contributed by atoms with Crippen molar-refractivity contribution in [2.24, 2.45) is 5.92 Å². The zero-order valence-corrected chi connectivity index (χ0v) is 14.4. The van der Waals surface area contributed by atoms with Crippen molar-refractivity contribution in [2.75, 3.05) is 6.54 Å². The quantitative estimate of drug-likeness (QED) is 0.796. The molecule has 0 aromatic rings. The number of ether oxygens (including phenoxy) is 1. The number of alkyl halides is 3. The van der Waals surface area contributed by atoms with E-state index in [1.165, 1.54) is 0 Å². The van der Waals surface area contributed by atoms with E-state index in [2.05, 4.69) is 10.6 Å². The number of carbonyl (C=O) groups is 1. The summed E-state index contributed by atoms with van der Waals surface area (Å²) in [5, 5.41) is 5.72. The molecule has 1 rings (SSSR count). The van der Waals surface area contributed by atoms with Gasteiger partial charge in [0.2, 0.25) is 0 Å². The lowest BCUT2D eigenvalue weighted by Crippen LogP contribution is -2.51. The second kappa shape index (κ2) is 8.22. The normalized spacial score (nSPS) is 24.1. The summed E-state index contributed by atoms with van der Waals surface area (Å²) in [6.45, 7) is 7.49. The zero-order chi connectivity index (χ0) is 17.7. The van der Waals surface area contributed by atoms with Crippen molar-refractivity contribution in [3.63, 3.8) is 0 Å². The Morgan fingerprint density at radius 3 is 2.35 bits per heavy atom. The summed E-state index contributed by atoms with van der Waals surface area (Å²) in [5.74, 6) is -1.30. The molecule has 0 bridgehead atoms. The average molecular weight is 338 g/mol. The number of alkyl carbamates (subject to hydrolysis) is 1. The van der Waals surface area contributed by atoms with Gasteiger partial charge in [-0.25, -0.2) is 4.79 Å². The van der Waals surface area contributed by atoms with E-state index in [0.717, 1.165) is 6.42 Å². The molecule has 136 valence electrons. The smallest absolute Gasteiger partial charge is 0.407 e. The molecule has 1 saturated carbocycles. The Kier molecular flexibility index (Phi) is 7.17. The monoisotopic (exact) mass is 338 g/mol. The maximum atomic E-state index is 13.1. The summed E-state index contributed by atoms with van der Waals surface area (Å²) in [6, 6.07) is -0.820. The van der Waals surface area contributed by atoms with Crippen LogP contribution >= 0.6 is 0 Å². The van der Waals surface area contributed by atoms with E-state index < -0.39 is 29.8 Å². The minimum Gasteiger partial charge on any atom is -0.444 e. The predicted octanol–water partition coefficient (Wildman–Crippen LogP) is 4.00. The van der Waals surface area contributed by atoms with Crippen LogP contribution in [0.4, 0.5) is 18.0 Å². The van der Waals surface area contributed by atoms with Crippen LogP contribution in [0.1, 0.15) is 59.8 Å². The molecule has 3 unspecified atom stereocenters. The van der Waals surface area contributed by atoms with E-state index >= 15 is 0 Å². The SMILES string of the molecule is CCC(CNC1CCCCC1C(F)(F)F)NC(=O)OC(C)(C)C. The molecule has 7 heteroatoms. The van der Waals surface area contributed by atoms with Crippen LogP contribution in [-0.4, -0.2) is 36.5 Å². The highest BCUT2D eigenvalue weighted by molar-refractivity contribution is 5.68. The Bertz CT molecular complexity index is 381. The van der Waals surface area contributed by atoms with Crippen LogP contribution in [0.3, 0.4) is 0 Å². The molecule has 0 aromatic heterocycles. The van der Waals surface area contributed by atoms with Gasteiger partial charge in [0, 0.05) is 18.6 Å². The maximum absolute atomic E-state index is 13.1. The Morgan fingerprint density at radius 2 is 1.83 bits per heavy atom. The summed E-state index contributed by atoms with van der Waals surface area (Å²) in [5.41, 5.74) is -0.597. The van der Waals surface area contributed by atoms with Gasteiger partial charge in [-0.2, -0.15) is 13.2 Å². The maximum Gasteiger partial charge on any atom is 0.407 e. The summed E-state index contributed by atoms with van der Waals surface area (Å²) >= 11 is 0. The zero-order valence-electron chi connectivity index (χ0n) is 14.4. The summed E-state index contributed by atoms with van der Waals surface area (Å²) in [6.07, 6.45) is -1.96. The second-order valence-corrected chi connectivity index (χ2v) is 7.20. The number of carbonyl (C=O) groups excluding carboxylic acids is 1. The lowest BCUT2D eigenvalue weighted by Gasteiger charge is -2.34. The molecular formula is C16H29F3N2O2. The number of amides is 1. The lowest BCUT2D eigenvalue weighted by molar-refractivity contribution is -0.189. The third-order valence-electron chi connectivity index (χ3n) is 4.03. The molecule has 0 aromatic carbocycles. The van der Waals surface area contributed by atoms with Gasteiger partial charge < -0.3 is 15.4 Å². The first kappa shape index (κ1) is 20.1. The molecule has 3 atom stereocenters. The highest BCUT2D eigenvalue weighted by Gasteiger charge is 2.45. The third kappa shape index (κ3) is 7.42. The van der Waals surface area contributed by atoms with Gasteiger partial charge in [0.25, 0.3) is 0 Å². The lowest BCUT2D eigenvalue weighted by atomic mass is 9.84. The van der Waals surface area contributed by atoms with Crippen molar-refractivity contribution < 1.29 is 22.7 Å². The topological polar surface area (TPSA) is 50.4 Å². The van der Waals surface area contributed by atoms with E-state index in [1.54, 1.807) is 20.8 Å². The number of hydrogen-bond donors (Lipinski definition) is 2. The van der Waals surface area contributed by atoms with Crippen LogP contribution in [0.5, 0.6) is 0 Å². The summed E-state index contributed by atoms with van der Waals surface area (Å²) < 4.78 is 44.4. The molecule has 4 nitrogen and oxygen atoms in total. The van der Waals surface area contributed by atoms with Gasteiger partial charge in [0.15, 0.2) is 0 Å². The van der Waals surface area contributed by atoms with E-state index in [1.807, 2.05) is 6.92 Å². The molecule has 1 amide bonds. The van der Waals surface area contributed by atoms with Gasteiger partial charge in [-0.3, -0.25) is 0 Å². The van der Waals surface area contributed by atoms with Gasteiger partial charge >= 0.3 is 12.3 Å². The molecule has 23 heavy (non-hydrogen) atoms. The molecule has 0 heterocycles. The summed E-state index contributed by atoms with van der Waals surface area (Å²) in [7, 11) is 0. The first-order chi connectivity index (χ1) is 10.5. The van der Waals surface area contributed by atoms with Crippen LogP contribution in [0.25, 0.3) is 0 Å². The van der Waals surface area contributed by atoms with Crippen LogP contribution in [-0.2, 0) is 4.74 Å². The van der Waals surface area contributed by atoms with E-state index in [0.29, 0.717) is 25.8 Å². The second-order valence-electron chi connectivity index (χ2n) is 7.20. The van der Waals surface area contributed by atoms with Crippen molar-refractivity contribution in [3.8, 4) is 0 Å². The molecule has 0 aliphatic heterocycles. The van der Waals surface area contributed by atoms with Crippen LogP contribution in [0.2, 0.25) is 0 Å². The molecule has 0 saturated heterocycles. The minimum atomic E-state index is -4.17. The number of hydrogen-bond acceptors (Lipinski definition) is 3. The van der Waals surface area contributed by atoms with E-state index in [9.17, 15) is 18.0 Å². The van der Waals surface area contributed by atoms with Crippen molar-refractivity contribution >= 4 is 6.09 Å².